The molecule has 0 radical (unpaired) electrons. The van der Waals surface area contributed by atoms with E-state index in [0.717, 1.165) is 0 Å². The highest BCUT2D eigenvalue weighted by Gasteiger charge is 2.16. The summed E-state index contributed by atoms with van der Waals surface area (Å²) >= 11 is 0. The Labute approximate surface area is 96.5 Å². The molecule has 1 atom stereocenters. The predicted octanol–water partition coefficient (Wildman–Crippen LogP) is 2.19. The zero-order chi connectivity index (χ0) is 12.8. The number of hydrogen-bond acceptors (Lipinski definition) is 3. The molecule has 0 saturated carbocycles. The maximum absolute atomic E-state index is 12.1. The van der Waals surface area contributed by atoms with Crippen LogP contribution in [0.1, 0.15) is 24.5 Å². The van der Waals surface area contributed by atoms with Crippen molar-refractivity contribution in [2.45, 2.75) is 25.6 Å². The third-order valence-electron chi connectivity index (χ3n) is 2.13. The number of aliphatic hydroxyl groups is 1. The first-order valence-corrected chi connectivity index (χ1v) is 4.94. The molecule has 0 aromatic heterocycles. The molecular formula is C11H12F2O4. The second-order valence-corrected chi connectivity index (χ2v) is 3.36. The summed E-state index contributed by atoms with van der Waals surface area (Å²) in [6.45, 7) is -2.98. The second kappa shape index (κ2) is 6.15. The van der Waals surface area contributed by atoms with Crippen LogP contribution in [0.5, 0.6) is 5.75 Å². The first kappa shape index (κ1) is 13.4. The van der Waals surface area contributed by atoms with Crippen LogP contribution in [0.25, 0.3) is 0 Å². The molecule has 0 bridgehead atoms. The molecule has 1 rings (SSSR count). The van der Waals surface area contributed by atoms with Gasteiger partial charge >= 0.3 is 12.6 Å². The lowest BCUT2D eigenvalue weighted by Crippen LogP contribution is -2.08. The van der Waals surface area contributed by atoms with Crippen molar-refractivity contribution in [1.29, 1.82) is 0 Å². The van der Waals surface area contributed by atoms with Gasteiger partial charge in [-0.15, -0.1) is 0 Å². The molecule has 0 spiro atoms. The molecule has 0 aliphatic carbocycles. The van der Waals surface area contributed by atoms with Crippen molar-refractivity contribution in [3.05, 3.63) is 29.8 Å². The van der Waals surface area contributed by atoms with Gasteiger partial charge in [0.1, 0.15) is 5.75 Å². The van der Waals surface area contributed by atoms with Crippen LogP contribution in [-0.2, 0) is 4.79 Å². The summed E-state index contributed by atoms with van der Waals surface area (Å²) in [5, 5.41) is 18.1. The van der Waals surface area contributed by atoms with E-state index in [-0.39, 0.29) is 24.2 Å². The molecule has 1 unspecified atom stereocenters. The molecule has 1 aromatic rings. The summed E-state index contributed by atoms with van der Waals surface area (Å²) < 4.78 is 28.4. The topological polar surface area (TPSA) is 66.8 Å². The Bertz CT molecular complexity index is 381. The minimum Gasteiger partial charge on any atom is -0.481 e. The Morgan fingerprint density at radius 1 is 1.35 bits per heavy atom. The molecule has 0 amide bonds. The molecule has 1 aromatic carbocycles. The Hall–Kier alpha value is -1.69. The fourth-order valence-electron chi connectivity index (χ4n) is 1.37. The van der Waals surface area contributed by atoms with Crippen molar-refractivity contribution in [2.75, 3.05) is 0 Å². The van der Waals surface area contributed by atoms with Gasteiger partial charge in [0.15, 0.2) is 0 Å². The van der Waals surface area contributed by atoms with Gasteiger partial charge in [0.2, 0.25) is 0 Å². The molecular weight excluding hydrogens is 234 g/mol. The smallest absolute Gasteiger partial charge is 0.387 e. The largest absolute Gasteiger partial charge is 0.481 e. The number of aliphatic hydroxyl groups excluding tert-OH is 1. The number of carboxylic acid groups (broad SMARTS) is 1. The van der Waals surface area contributed by atoms with Gasteiger partial charge in [0, 0.05) is 12.0 Å². The van der Waals surface area contributed by atoms with Crippen LogP contribution in [0.15, 0.2) is 24.3 Å². The minimum atomic E-state index is -2.98. The summed E-state index contributed by atoms with van der Waals surface area (Å²) in [5.74, 6) is -1.20. The highest BCUT2D eigenvalue weighted by Crippen LogP contribution is 2.28. The van der Waals surface area contributed by atoms with Gasteiger partial charge < -0.3 is 14.9 Å². The molecule has 94 valence electrons. The molecule has 0 saturated heterocycles. The number of rotatable bonds is 6. The van der Waals surface area contributed by atoms with Gasteiger partial charge in [-0.2, -0.15) is 8.78 Å². The first-order chi connectivity index (χ1) is 8.00. The third-order valence-corrected chi connectivity index (χ3v) is 2.13. The zero-order valence-corrected chi connectivity index (χ0v) is 8.85. The lowest BCUT2D eigenvalue weighted by atomic mass is 10.0. The average Bonchev–Trinajstić information content (AvgIpc) is 2.25. The normalized spacial score (nSPS) is 12.5. The number of aliphatic carboxylic acids is 1. The zero-order valence-electron chi connectivity index (χ0n) is 8.85. The number of para-hydroxylation sites is 1. The van der Waals surface area contributed by atoms with Crippen LogP contribution < -0.4 is 4.74 Å². The monoisotopic (exact) mass is 246 g/mol. The maximum Gasteiger partial charge on any atom is 0.387 e. The van der Waals surface area contributed by atoms with E-state index in [2.05, 4.69) is 4.74 Å². The Kier molecular flexibility index (Phi) is 4.84. The predicted molar refractivity (Wildman–Crippen MR) is 54.9 cm³/mol. The van der Waals surface area contributed by atoms with Crippen molar-refractivity contribution in [1.82, 2.24) is 0 Å². The standard InChI is InChI=1S/C11H12F2O4/c12-11(13)17-9-4-2-1-3-7(9)8(14)5-6-10(15)16/h1-4,8,11,14H,5-6H2,(H,15,16). The highest BCUT2D eigenvalue weighted by atomic mass is 19.3. The quantitative estimate of drug-likeness (QED) is 0.807. The third kappa shape index (κ3) is 4.36. The van der Waals surface area contributed by atoms with Crippen LogP contribution in [0.4, 0.5) is 8.78 Å². The molecule has 2 N–H and O–H groups in total. The van der Waals surface area contributed by atoms with Crippen molar-refractivity contribution in [3.8, 4) is 5.75 Å². The molecule has 0 aliphatic rings. The van der Waals surface area contributed by atoms with Gasteiger partial charge in [-0.25, -0.2) is 0 Å². The van der Waals surface area contributed by atoms with Crippen LogP contribution in [0.3, 0.4) is 0 Å². The van der Waals surface area contributed by atoms with Gasteiger partial charge in [-0.1, -0.05) is 18.2 Å². The number of carboxylic acids is 1. The van der Waals surface area contributed by atoms with E-state index in [4.69, 9.17) is 5.11 Å². The molecule has 0 heterocycles. The minimum absolute atomic E-state index is 0.0566. The molecule has 0 aliphatic heterocycles. The summed E-state index contributed by atoms with van der Waals surface area (Å²) in [7, 11) is 0. The van der Waals surface area contributed by atoms with Crippen molar-refractivity contribution >= 4 is 5.97 Å². The lowest BCUT2D eigenvalue weighted by Gasteiger charge is -2.14. The fourth-order valence-corrected chi connectivity index (χ4v) is 1.37. The molecule has 17 heavy (non-hydrogen) atoms. The Balaban J connectivity index is 2.77. The number of halogens is 2. The van der Waals surface area contributed by atoms with Crippen molar-refractivity contribution < 1.29 is 28.5 Å². The van der Waals surface area contributed by atoms with E-state index in [0.29, 0.717) is 0 Å². The average molecular weight is 246 g/mol. The Morgan fingerprint density at radius 2 is 2.00 bits per heavy atom. The first-order valence-electron chi connectivity index (χ1n) is 4.94. The van der Waals surface area contributed by atoms with Crippen LogP contribution >= 0.6 is 0 Å². The van der Waals surface area contributed by atoms with E-state index in [1.54, 1.807) is 6.07 Å². The molecule has 0 fully saturated rings. The molecule has 6 heteroatoms. The SMILES string of the molecule is O=C(O)CCC(O)c1ccccc1OC(F)F. The van der Waals surface area contributed by atoms with E-state index in [1.165, 1.54) is 18.2 Å². The van der Waals surface area contributed by atoms with Gasteiger partial charge in [0.25, 0.3) is 0 Å². The summed E-state index contributed by atoms with van der Waals surface area (Å²) in [5.41, 5.74) is 0.161. The van der Waals surface area contributed by atoms with Crippen LogP contribution in [0.2, 0.25) is 0 Å². The van der Waals surface area contributed by atoms with Crippen molar-refractivity contribution in [2.24, 2.45) is 0 Å². The number of ether oxygens (including phenoxy) is 1. The number of benzene rings is 1. The van der Waals surface area contributed by atoms with Crippen LogP contribution in [-0.4, -0.2) is 22.8 Å². The van der Waals surface area contributed by atoms with E-state index >= 15 is 0 Å². The second-order valence-electron chi connectivity index (χ2n) is 3.36. The number of alkyl halides is 2. The van der Waals surface area contributed by atoms with E-state index in [1.807, 2.05) is 0 Å². The summed E-state index contributed by atoms with van der Waals surface area (Å²) in [6.07, 6.45) is -1.44. The molecule has 4 nitrogen and oxygen atoms in total. The maximum atomic E-state index is 12.1. The fraction of sp³-hybridized carbons (Fsp3) is 0.364. The number of hydrogen-bond donors (Lipinski definition) is 2. The summed E-state index contributed by atoms with van der Waals surface area (Å²) in [4.78, 5) is 10.3. The van der Waals surface area contributed by atoms with E-state index < -0.39 is 18.7 Å². The van der Waals surface area contributed by atoms with Gasteiger partial charge in [-0.05, 0) is 12.5 Å². The van der Waals surface area contributed by atoms with E-state index in [9.17, 15) is 18.7 Å². The van der Waals surface area contributed by atoms with Crippen LogP contribution in [0, 0.1) is 0 Å². The van der Waals surface area contributed by atoms with Gasteiger partial charge in [-0.3, -0.25) is 4.79 Å². The van der Waals surface area contributed by atoms with Gasteiger partial charge in [0.05, 0.1) is 6.10 Å². The lowest BCUT2D eigenvalue weighted by molar-refractivity contribution is -0.137. The Morgan fingerprint density at radius 3 is 2.59 bits per heavy atom. The highest BCUT2D eigenvalue weighted by molar-refractivity contribution is 5.66. The number of carbonyl (C=O) groups is 1. The van der Waals surface area contributed by atoms with Crippen molar-refractivity contribution in [3.63, 3.8) is 0 Å². The summed E-state index contributed by atoms with van der Waals surface area (Å²) in [6, 6.07) is 5.76.